The summed E-state index contributed by atoms with van der Waals surface area (Å²) < 4.78 is 20.2. The van der Waals surface area contributed by atoms with Crippen LogP contribution in [0.4, 0.5) is 4.39 Å². The lowest BCUT2D eigenvalue weighted by atomic mass is 10.0. The molecule has 0 saturated carbocycles. The molecule has 2 aromatic carbocycles. The van der Waals surface area contributed by atoms with Crippen LogP contribution in [0, 0.1) is 5.82 Å². The number of amides is 1. The second-order valence-corrected chi connectivity index (χ2v) is 15.2. The zero-order valence-corrected chi connectivity index (χ0v) is 22.1. The minimum atomic E-state index is -2.06. The second-order valence-electron chi connectivity index (χ2n) is 10.4. The molecule has 2 rings (SSSR count). The Morgan fingerprint density at radius 3 is 2.18 bits per heavy atom. The first-order valence-electron chi connectivity index (χ1n) is 11.8. The third-order valence-electron chi connectivity index (χ3n) is 6.94. The van der Waals surface area contributed by atoms with Crippen molar-refractivity contribution in [3.05, 3.63) is 71.5 Å². The van der Waals surface area contributed by atoms with Gasteiger partial charge in [0.15, 0.2) is 8.32 Å². The molecule has 2 aromatic rings. The molecule has 0 radical (unpaired) electrons. The number of halogens is 1. The van der Waals surface area contributed by atoms with Crippen molar-refractivity contribution < 1.29 is 18.7 Å². The minimum Gasteiger partial charge on any atom is -0.410 e. The fourth-order valence-electron chi connectivity index (χ4n) is 3.49. The van der Waals surface area contributed by atoms with Crippen LogP contribution in [0.3, 0.4) is 0 Å². The highest BCUT2D eigenvalue weighted by molar-refractivity contribution is 6.74. The summed E-state index contributed by atoms with van der Waals surface area (Å²) in [6.07, 6.45) is 0.758. The standard InChI is InChI=1S/C27H40FNO3Si/c1-20(26(31)22-12-9-8-10-13-22)29(5)25(30)15-11-14-24(21-16-18-23(28)19-17-21)32-33(6,7)27(2,3)4/h8-10,12-13,16-20,24,26,31H,11,14-15H2,1-7H3/t20-,24-,26+/m0/s1. The van der Waals surface area contributed by atoms with Crippen LogP contribution in [0.5, 0.6) is 0 Å². The van der Waals surface area contributed by atoms with Gasteiger partial charge in [-0.1, -0.05) is 63.2 Å². The molecule has 33 heavy (non-hydrogen) atoms. The molecular formula is C27H40FNO3Si. The van der Waals surface area contributed by atoms with Gasteiger partial charge in [-0.25, -0.2) is 4.39 Å². The number of likely N-dealkylation sites (N-methyl/N-ethyl adjacent to an activating group) is 1. The molecule has 0 aliphatic heterocycles. The van der Waals surface area contributed by atoms with Crippen molar-refractivity contribution in [3.63, 3.8) is 0 Å². The maximum atomic E-state index is 13.5. The summed E-state index contributed by atoms with van der Waals surface area (Å²) in [6, 6.07) is 15.5. The molecule has 4 nitrogen and oxygen atoms in total. The Kier molecular flexibility index (Phi) is 9.41. The fraction of sp³-hybridized carbons (Fsp3) is 0.519. The number of benzene rings is 2. The monoisotopic (exact) mass is 473 g/mol. The number of aliphatic hydroxyl groups is 1. The quantitative estimate of drug-likeness (QED) is 0.394. The smallest absolute Gasteiger partial charge is 0.222 e. The van der Waals surface area contributed by atoms with E-state index in [-0.39, 0.29) is 28.9 Å². The van der Waals surface area contributed by atoms with E-state index in [0.717, 1.165) is 11.1 Å². The van der Waals surface area contributed by atoms with Gasteiger partial charge in [-0.05, 0) is 61.2 Å². The van der Waals surface area contributed by atoms with Gasteiger partial charge in [0.2, 0.25) is 5.91 Å². The average Bonchev–Trinajstić information content (AvgIpc) is 2.77. The van der Waals surface area contributed by atoms with Crippen LogP contribution < -0.4 is 0 Å². The van der Waals surface area contributed by atoms with Crippen LogP contribution in [0.1, 0.15) is 70.3 Å². The normalized spacial score (nSPS) is 15.1. The zero-order chi connectivity index (χ0) is 24.8. The molecule has 0 aromatic heterocycles. The van der Waals surface area contributed by atoms with E-state index in [1.54, 1.807) is 24.1 Å². The molecule has 1 amide bonds. The second kappa shape index (κ2) is 11.4. The summed E-state index contributed by atoms with van der Waals surface area (Å²) in [6.45, 7) is 12.8. The molecular weight excluding hydrogens is 433 g/mol. The summed E-state index contributed by atoms with van der Waals surface area (Å²) in [4.78, 5) is 14.5. The number of rotatable bonds is 10. The SMILES string of the molecule is C[C@@H]([C@@H](O)c1ccccc1)N(C)C(=O)CCC[C@H](O[Si](C)(C)C(C)(C)C)c1ccc(F)cc1. The predicted octanol–water partition coefficient (Wildman–Crippen LogP) is 6.64. The van der Waals surface area contributed by atoms with Crippen molar-refractivity contribution in [2.45, 2.75) is 83.3 Å². The molecule has 0 aliphatic carbocycles. The van der Waals surface area contributed by atoms with Crippen LogP contribution >= 0.6 is 0 Å². The highest BCUT2D eigenvalue weighted by Crippen LogP contribution is 2.41. The van der Waals surface area contributed by atoms with Gasteiger partial charge in [0.05, 0.1) is 18.2 Å². The van der Waals surface area contributed by atoms with Crippen LogP contribution in [0.15, 0.2) is 54.6 Å². The van der Waals surface area contributed by atoms with Crippen LogP contribution in [0.25, 0.3) is 0 Å². The van der Waals surface area contributed by atoms with E-state index >= 15 is 0 Å². The van der Waals surface area contributed by atoms with E-state index < -0.39 is 14.4 Å². The van der Waals surface area contributed by atoms with Gasteiger partial charge in [-0.2, -0.15) is 0 Å². The summed E-state index contributed by atoms with van der Waals surface area (Å²) in [5.74, 6) is -0.282. The molecule has 0 aliphatic rings. The first kappa shape index (κ1) is 27.2. The Morgan fingerprint density at radius 2 is 1.64 bits per heavy atom. The maximum absolute atomic E-state index is 13.5. The minimum absolute atomic E-state index is 0.0114. The third-order valence-corrected chi connectivity index (χ3v) is 11.4. The molecule has 0 heterocycles. The molecule has 182 valence electrons. The van der Waals surface area contributed by atoms with E-state index in [1.165, 1.54) is 12.1 Å². The number of nitrogens with zero attached hydrogens (tertiary/aromatic N) is 1. The largest absolute Gasteiger partial charge is 0.410 e. The Hall–Kier alpha value is -2.02. The lowest BCUT2D eigenvalue weighted by Gasteiger charge is -2.39. The predicted molar refractivity (Wildman–Crippen MR) is 135 cm³/mol. The molecule has 0 bridgehead atoms. The van der Waals surface area contributed by atoms with Gasteiger partial charge in [0, 0.05) is 13.5 Å². The molecule has 1 N–H and O–H groups in total. The van der Waals surface area contributed by atoms with Gasteiger partial charge in [-0.3, -0.25) is 4.79 Å². The summed E-state index contributed by atoms with van der Waals surface area (Å²) in [7, 11) is -0.317. The van der Waals surface area contributed by atoms with Crippen molar-refractivity contribution >= 4 is 14.2 Å². The van der Waals surface area contributed by atoms with Crippen molar-refractivity contribution in [2.24, 2.45) is 0 Å². The lowest BCUT2D eigenvalue weighted by molar-refractivity contribution is -0.134. The number of carbonyl (C=O) groups is 1. The third kappa shape index (κ3) is 7.49. The lowest BCUT2D eigenvalue weighted by Crippen LogP contribution is -2.42. The average molecular weight is 474 g/mol. The van der Waals surface area contributed by atoms with Gasteiger partial charge >= 0.3 is 0 Å². The van der Waals surface area contributed by atoms with Crippen LogP contribution in [-0.2, 0) is 9.22 Å². The molecule has 3 atom stereocenters. The molecule has 0 fully saturated rings. The van der Waals surface area contributed by atoms with E-state index in [1.807, 2.05) is 37.3 Å². The van der Waals surface area contributed by atoms with Gasteiger partial charge in [-0.15, -0.1) is 0 Å². The molecule has 6 heteroatoms. The van der Waals surface area contributed by atoms with E-state index in [4.69, 9.17) is 4.43 Å². The van der Waals surface area contributed by atoms with Crippen LogP contribution in [0.2, 0.25) is 18.1 Å². The topological polar surface area (TPSA) is 49.8 Å². The van der Waals surface area contributed by atoms with Crippen LogP contribution in [-0.4, -0.2) is 37.3 Å². The summed E-state index contributed by atoms with van der Waals surface area (Å²) in [5, 5.41) is 10.7. The van der Waals surface area contributed by atoms with Crippen molar-refractivity contribution in [2.75, 3.05) is 7.05 Å². The summed E-state index contributed by atoms with van der Waals surface area (Å²) >= 11 is 0. The number of hydrogen-bond acceptors (Lipinski definition) is 3. The van der Waals surface area contributed by atoms with E-state index in [0.29, 0.717) is 19.3 Å². The summed E-state index contributed by atoms with van der Waals surface area (Å²) in [5.41, 5.74) is 1.73. The zero-order valence-electron chi connectivity index (χ0n) is 21.1. The Morgan fingerprint density at radius 1 is 1.06 bits per heavy atom. The first-order valence-corrected chi connectivity index (χ1v) is 14.7. The van der Waals surface area contributed by atoms with E-state index in [9.17, 15) is 14.3 Å². The molecule has 0 saturated heterocycles. The van der Waals surface area contributed by atoms with E-state index in [2.05, 4.69) is 33.9 Å². The number of hydrogen-bond donors (Lipinski definition) is 1. The Bertz CT molecular complexity index is 880. The Labute approximate surface area is 199 Å². The Balaban J connectivity index is 2.03. The first-order chi connectivity index (χ1) is 15.3. The van der Waals surface area contributed by atoms with Crippen molar-refractivity contribution in [1.82, 2.24) is 4.90 Å². The highest BCUT2D eigenvalue weighted by atomic mass is 28.4. The fourth-order valence-corrected chi connectivity index (χ4v) is 4.80. The van der Waals surface area contributed by atoms with Crippen molar-refractivity contribution in [3.8, 4) is 0 Å². The number of aliphatic hydroxyl groups excluding tert-OH is 1. The number of carbonyl (C=O) groups excluding carboxylic acids is 1. The molecule has 0 spiro atoms. The van der Waals surface area contributed by atoms with Crippen molar-refractivity contribution in [1.29, 1.82) is 0 Å². The molecule has 0 unspecified atom stereocenters. The maximum Gasteiger partial charge on any atom is 0.222 e. The van der Waals surface area contributed by atoms with Gasteiger partial charge in [0.25, 0.3) is 0 Å². The van der Waals surface area contributed by atoms with Gasteiger partial charge in [0.1, 0.15) is 5.82 Å². The highest BCUT2D eigenvalue weighted by Gasteiger charge is 2.39. The van der Waals surface area contributed by atoms with Gasteiger partial charge < -0.3 is 14.4 Å².